The van der Waals surface area contributed by atoms with Crippen LogP contribution in [0.25, 0.3) is 0 Å². The maximum Gasteiger partial charge on any atom is 0.262 e. The highest BCUT2D eigenvalue weighted by atomic mass is 79.9. The van der Waals surface area contributed by atoms with Crippen molar-refractivity contribution in [2.45, 2.75) is 19.9 Å². The van der Waals surface area contributed by atoms with Gasteiger partial charge in [-0.1, -0.05) is 59.6 Å². The Morgan fingerprint density at radius 1 is 1.15 bits per heavy atom. The fraction of sp³-hybridized carbons (Fsp3) is 0.211. The standard InChI is InChI=1S/C19H19BrClN3O2/c1-12(2)17(23-18(25)14-6-4-8-16(21)10-14)19(26)24-22-11-13-5-3-7-15(20)9-13/h3-12,17H,1-2H3,(H,23,25)(H,24,26)/b22-11-. The maximum absolute atomic E-state index is 12.4. The van der Waals surface area contributed by atoms with Crippen LogP contribution in [0, 0.1) is 5.92 Å². The number of hydrazone groups is 1. The van der Waals surface area contributed by atoms with Crippen LogP contribution in [0.1, 0.15) is 29.8 Å². The molecule has 0 bridgehead atoms. The third kappa shape index (κ3) is 5.97. The van der Waals surface area contributed by atoms with Gasteiger partial charge in [0.15, 0.2) is 0 Å². The van der Waals surface area contributed by atoms with Gasteiger partial charge in [-0.3, -0.25) is 9.59 Å². The Bertz CT molecular complexity index is 824. The van der Waals surface area contributed by atoms with Crippen LogP contribution in [-0.4, -0.2) is 24.1 Å². The maximum atomic E-state index is 12.4. The van der Waals surface area contributed by atoms with E-state index in [1.165, 1.54) is 0 Å². The molecule has 0 aliphatic heterocycles. The summed E-state index contributed by atoms with van der Waals surface area (Å²) >= 11 is 9.28. The molecule has 1 unspecified atom stereocenters. The van der Waals surface area contributed by atoms with E-state index in [1.807, 2.05) is 38.1 Å². The number of amides is 2. The number of hydrogen-bond acceptors (Lipinski definition) is 3. The molecule has 5 nitrogen and oxygen atoms in total. The molecule has 0 spiro atoms. The molecule has 2 aromatic rings. The minimum absolute atomic E-state index is 0.112. The van der Waals surface area contributed by atoms with Crippen LogP contribution in [0.2, 0.25) is 5.02 Å². The molecule has 7 heteroatoms. The van der Waals surface area contributed by atoms with Gasteiger partial charge < -0.3 is 5.32 Å². The molecule has 26 heavy (non-hydrogen) atoms. The average molecular weight is 437 g/mol. The van der Waals surface area contributed by atoms with E-state index in [2.05, 4.69) is 31.8 Å². The van der Waals surface area contributed by atoms with Gasteiger partial charge in [0.05, 0.1) is 6.21 Å². The Labute approximate surface area is 166 Å². The molecule has 0 aliphatic carbocycles. The first kappa shape index (κ1) is 20.1. The molecule has 0 saturated carbocycles. The molecule has 2 amide bonds. The molecule has 0 saturated heterocycles. The first-order chi connectivity index (χ1) is 12.4. The van der Waals surface area contributed by atoms with Crippen molar-refractivity contribution in [1.29, 1.82) is 0 Å². The smallest absolute Gasteiger partial charge is 0.262 e. The summed E-state index contributed by atoms with van der Waals surface area (Å²) in [6.45, 7) is 3.70. The van der Waals surface area contributed by atoms with E-state index >= 15 is 0 Å². The van der Waals surface area contributed by atoms with Crippen LogP contribution in [0.5, 0.6) is 0 Å². The van der Waals surface area contributed by atoms with Crippen LogP contribution < -0.4 is 10.7 Å². The lowest BCUT2D eigenvalue weighted by Gasteiger charge is -2.20. The molecule has 0 heterocycles. The first-order valence-electron chi connectivity index (χ1n) is 8.01. The predicted molar refractivity (Wildman–Crippen MR) is 107 cm³/mol. The number of halogens is 2. The summed E-state index contributed by atoms with van der Waals surface area (Å²) in [5.74, 6) is -0.863. The summed E-state index contributed by atoms with van der Waals surface area (Å²) in [5, 5.41) is 7.15. The van der Waals surface area contributed by atoms with Gasteiger partial charge in [0.2, 0.25) is 0 Å². The second-order valence-electron chi connectivity index (χ2n) is 5.99. The third-order valence-electron chi connectivity index (χ3n) is 3.56. The lowest BCUT2D eigenvalue weighted by atomic mass is 10.0. The average Bonchev–Trinajstić information content (AvgIpc) is 2.59. The lowest BCUT2D eigenvalue weighted by Crippen LogP contribution is -2.48. The number of nitrogens with zero attached hydrogens (tertiary/aromatic N) is 1. The lowest BCUT2D eigenvalue weighted by molar-refractivity contribution is -0.123. The van der Waals surface area contributed by atoms with E-state index in [1.54, 1.807) is 30.5 Å². The molecule has 2 aromatic carbocycles. The molecule has 0 fully saturated rings. The number of hydrogen-bond donors (Lipinski definition) is 2. The zero-order valence-corrected chi connectivity index (χ0v) is 16.7. The fourth-order valence-corrected chi connectivity index (χ4v) is 2.82. The monoisotopic (exact) mass is 435 g/mol. The highest BCUT2D eigenvalue weighted by Crippen LogP contribution is 2.12. The molecule has 136 valence electrons. The zero-order valence-electron chi connectivity index (χ0n) is 14.4. The van der Waals surface area contributed by atoms with Gasteiger partial charge >= 0.3 is 0 Å². The molecule has 2 rings (SSSR count). The van der Waals surface area contributed by atoms with E-state index < -0.39 is 6.04 Å². The fourth-order valence-electron chi connectivity index (χ4n) is 2.22. The van der Waals surface area contributed by atoms with Crippen LogP contribution in [0.3, 0.4) is 0 Å². The van der Waals surface area contributed by atoms with E-state index in [4.69, 9.17) is 11.6 Å². The molecule has 0 aliphatic rings. The van der Waals surface area contributed by atoms with Crippen molar-refractivity contribution in [2.24, 2.45) is 11.0 Å². The van der Waals surface area contributed by atoms with E-state index in [0.29, 0.717) is 10.6 Å². The number of benzene rings is 2. The SMILES string of the molecule is CC(C)C(NC(=O)c1cccc(Cl)c1)C(=O)N/N=C\c1cccc(Br)c1. The minimum Gasteiger partial charge on any atom is -0.340 e. The van der Waals surface area contributed by atoms with E-state index in [9.17, 15) is 9.59 Å². The molecule has 2 N–H and O–H groups in total. The Kier molecular flexibility index (Phi) is 7.36. The molecule has 0 aromatic heterocycles. The van der Waals surface area contributed by atoms with Crippen molar-refractivity contribution >= 4 is 45.6 Å². The number of rotatable bonds is 6. The van der Waals surface area contributed by atoms with Gasteiger partial charge in [0.1, 0.15) is 6.04 Å². The summed E-state index contributed by atoms with van der Waals surface area (Å²) in [6.07, 6.45) is 1.54. The zero-order chi connectivity index (χ0) is 19.1. The van der Waals surface area contributed by atoms with Crippen LogP contribution in [0.4, 0.5) is 0 Å². The van der Waals surface area contributed by atoms with Gasteiger partial charge in [-0.25, -0.2) is 5.43 Å². The first-order valence-corrected chi connectivity index (χ1v) is 9.19. The van der Waals surface area contributed by atoms with Crippen molar-refractivity contribution < 1.29 is 9.59 Å². The quantitative estimate of drug-likeness (QED) is 0.530. The van der Waals surface area contributed by atoms with Crippen LogP contribution >= 0.6 is 27.5 Å². The Balaban J connectivity index is 2.02. The van der Waals surface area contributed by atoms with Gasteiger partial charge in [-0.2, -0.15) is 5.10 Å². The molecular weight excluding hydrogens is 418 g/mol. The summed E-state index contributed by atoms with van der Waals surface area (Å²) in [7, 11) is 0. The second kappa shape index (κ2) is 9.50. The van der Waals surface area contributed by atoms with Crippen molar-refractivity contribution in [1.82, 2.24) is 10.7 Å². The van der Waals surface area contributed by atoms with E-state index in [-0.39, 0.29) is 17.7 Å². The second-order valence-corrected chi connectivity index (χ2v) is 7.35. The molecular formula is C19H19BrClN3O2. The van der Waals surface area contributed by atoms with Crippen LogP contribution in [0.15, 0.2) is 58.1 Å². The molecule has 0 radical (unpaired) electrons. The van der Waals surface area contributed by atoms with Crippen molar-refractivity contribution in [3.63, 3.8) is 0 Å². The summed E-state index contributed by atoms with van der Waals surface area (Å²) in [4.78, 5) is 24.8. The number of carbonyl (C=O) groups excluding carboxylic acids is 2. The minimum atomic E-state index is -0.721. The Hall–Kier alpha value is -2.18. The highest BCUT2D eigenvalue weighted by molar-refractivity contribution is 9.10. The normalized spacial score (nSPS) is 12.2. The summed E-state index contributed by atoms with van der Waals surface area (Å²) < 4.78 is 0.918. The van der Waals surface area contributed by atoms with Crippen molar-refractivity contribution in [3.05, 3.63) is 69.2 Å². The number of carbonyl (C=O) groups is 2. The summed E-state index contributed by atoms with van der Waals surface area (Å²) in [5.41, 5.74) is 3.71. The van der Waals surface area contributed by atoms with E-state index in [0.717, 1.165) is 10.0 Å². The van der Waals surface area contributed by atoms with Crippen molar-refractivity contribution in [3.8, 4) is 0 Å². The molecule has 1 atom stereocenters. The summed E-state index contributed by atoms with van der Waals surface area (Å²) in [6, 6.07) is 13.3. The van der Waals surface area contributed by atoms with Crippen molar-refractivity contribution in [2.75, 3.05) is 0 Å². The largest absolute Gasteiger partial charge is 0.340 e. The topological polar surface area (TPSA) is 70.6 Å². The predicted octanol–water partition coefficient (Wildman–Crippen LogP) is 4.01. The van der Waals surface area contributed by atoms with Gasteiger partial charge in [0.25, 0.3) is 11.8 Å². The Morgan fingerprint density at radius 2 is 1.88 bits per heavy atom. The Morgan fingerprint density at radius 3 is 2.54 bits per heavy atom. The van der Waals surface area contributed by atoms with Crippen LogP contribution in [-0.2, 0) is 4.79 Å². The third-order valence-corrected chi connectivity index (χ3v) is 4.29. The van der Waals surface area contributed by atoms with Gasteiger partial charge in [0, 0.05) is 15.1 Å². The number of nitrogens with one attached hydrogen (secondary N) is 2. The van der Waals surface area contributed by atoms with Gasteiger partial charge in [-0.05, 0) is 41.8 Å². The van der Waals surface area contributed by atoms with Gasteiger partial charge in [-0.15, -0.1) is 0 Å². The highest BCUT2D eigenvalue weighted by Gasteiger charge is 2.24.